The van der Waals surface area contributed by atoms with Gasteiger partial charge in [0.15, 0.2) is 11.6 Å². The molecule has 0 amide bonds. The highest BCUT2D eigenvalue weighted by Crippen LogP contribution is 2.42. The first-order valence-electron chi connectivity index (χ1n) is 13.0. The van der Waals surface area contributed by atoms with Crippen molar-refractivity contribution in [2.75, 3.05) is 26.7 Å². The molecule has 3 N–H and O–H groups in total. The van der Waals surface area contributed by atoms with E-state index in [-0.39, 0.29) is 31.6 Å². The van der Waals surface area contributed by atoms with Crippen LogP contribution in [-0.2, 0) is 11.4 Å². The van der Waals surface area contributed by atoms with Crippen molar-refractivity contribution in [3.05, 3.63) is 70.7 Å². The minimum atomic E-state index is -1.30. The number of hydrogen-bond donors (Lipinski definition) is 3. The Balaban J connectivity index is 1.46. The van der Waals surface area contributed by atoms with Crippen LogP contribution >= 0.6 is 0 Å². The number of methoxy groups -OCH3 is 1. The van der Waals surface area contributed by atoms with Gasteiger partial charge >= 0.3 is 5.97 Å². The number of hydrogen-bond acceptors (Lipinski definition) is 6. The van der Waals surface area contributed by atoms with Gasteiger partial charge < -0.3 is 20.1 Å². The number of aromatic nitrogens is 1. The molecule has 2 aromatic carbocycles. The molecule has 3 aromatic rings. The van der Waals surface area contributed by atoms with Crippen molar-refractivity contribution < 1.29 is 38.0 Å². The van der Waals surface area contributed by atoms with E-state index >= 15 is 0 Å². The van der Waals surface area contributed by atoms with Crippen molar-refractivity contribution >= 4 is 16.9 Å². The van der Waals surface area contributed by atoms with Crippen molar-refractivity contribution in [2.45, 2.75) is 44.8 Å². The van der Waals surface area contributed by atoms with Crippen LogP contribution in [0.5, 0.6) is 5.75 Å². The highest BCUT2D eigenvalue weighted by atomic mass is 19.2. The van der Waals surface area contributed by atoms with Crippen molar-refractivity contribution in [3.63, 3.8) is 0 Å². The highest BCUT2D eigenvalue weighted by molar-refractivity contribution is 5.85. The first kappa shape index (κ1) is 29.3. The van der Waals surface area contributed by atoms with E-state index in [1.807, 2.05) is 4.90 Å². The Morgan fingerprint density at radius 1 is 1.20 bits per heavy atom. The van der Waals surface area contributed by atoms with Crippen LogP contribution < -0.4 is 4.74 Å². The molecule has 212 valence electrons. The molecule has 1 atom stereocenters. The normalized spacial score (nSPS) is 15.8. The topological polar surface area (TPSA) is 103 Å². The number of rotatable bonds is 9. The number of carboxylic acids is 1. The molecule has 0 radical (unpaired) electrons. The Labute approximate surface area is 230 Å². The van der Waals surface area contributed by atoms with Gasteiger partial charge in [-0.2, -0.15) is 0 Å². The Morgan fingerprint density at radius 3 is 2.62 bits per heavy atom. The van der Waals surface area contributed by atoms with Crippen LogP contribution in [0.3, 0.4) is 0 Å². The third-order valence-electron chi connectivity index (χ3n) is 7.61. The Morgan fingerprint density at radius 2 is 1.95 bits per heavy atom. The monoisotopic (exact) mass is 556 g/mol. The van der Waals surface area contributed by atoms with E-state index < -0.39 is 34.9 Å². The lowest BCUT2D eigenvalue weighted by Crippen LogP contribution is -2.41. The summed E-state index contributed by atoms with van der Waals surface area (Å²) in [5.41, 5.74) is 0.762. The minimum Gasteiger partial charge on any atom is -0.497 e. The zero-order valence-electron chi connectivity index (χ0n) is 22.1. The van der Waals surface area contributed by atoms with Gasteiger partial charge in [-0.05, 0) is 74.0 Å². The van der Waals surface area contributed by atoms with Crippen LogP contribution in [0, 0.1) is 34.7 Å². The number of aliphatic hydroxyl groups excluding tert-OH is 2. The maximum absolute atomic E-state index is 13.9. The summed E-state index contributed by atoms with van der Waals surface area (Å²) in [4.78, 5) is 18.1. The number of carboxylic acid groups (broad SMARTS) is 1. The maximum Gasteiger partial charge on any atom is 0.303 e. The van der Waals surface area contributed by atoms with E-state index in [0.717, 1.165) is 6.07 Å². The van der Waals surface area contributed by atoms with Gasteiger partial charge in [0, 0.05) is 23.2 Å². The summed E-state index contributed by atoms with van der Waals surface area (Å²) in [6.45, 7) is 0.966. The largest absolute Gasteiger partial charge is 0.497 e. The van der Waals surface area contributed by atoms with Gasteiger partial charge in [-0.25, -0.2) is 13.2 Å². The molecule has 0 aliphatic carbocycles. The van der Waals surface area contributed by atoms with Crippen molar-refractivity contribution in [3.8, 4) is 17.6 Å². The Hall–Kier alpha value is -3.65. The molecule has 1 aliphatic rings. The Kier molecular flexibility index (Phi) is 9.30. The summed E-state index contributed by atoms with van der Waals surface area (Å²) < 4.78 is 46.0. The number of likely N-dealkylation sites (tertiary alicyclic amines) is 1. The molecule has 1 fully saturated rings. The number of aliphatic hydroxyl groups is 2. The zero-order chi connectivity index (χ0) is 28.9. The molecule has 4 rings (SSSR count). The number of ether oxygens (including phenoxy) is 1. The lowest BCUT2D eigenvalue weighted by atomic mass is 9.71. The average Bonchev–Trinajstić information content (AvgIpc) is 2.94. The van der Waals surface area contributed by atoms with Gasteiger partial charge in [0.1, 0.15) is 11.6 Å². The van der Waals surface area contributed by atoms with Crippen molar-refractivity contribution in [1.82, 2.24) is 9.88 Å². The zero-order valence-corrected chi connectivity index (χ0v) is 22.1. The second-order valence-electron chi connectivity index (χ2n) is 10.2. The number of carbonyl (C=O) groups is 1. The molecular formula is C30H31F3N2O5. The summed E-state index contributed by atoms with van der Waals surface area (Å²) in [7, 11) is 1.54. The quantitative estimate of drug-likeness (QED) is 0.262. The average molecular weight is 557 g/mol. The molecule has 0 spiro atoms. The van der Waals surface area contributed by atoms with E-state index in [1.54, 1.807) is 18.2 Å². The van der Waals surface area contributed by atoms with Crippen LogP contribution in [-0.4, -0.2) is 57.9 Å². The van der Waals surface area contributed by atoms with Gasteiger partial charge in [0.05, 0.1) is 43.9 Å². The van der Waals surface area contributed by atoms with E-state index in [4.69, 9.17) is 4.74 Å². The molecule has 0 unspecified atom stereocenters. The van der Waals surface area contributed by atoms with Gasteiger partial charge in [0.2, 0.25) is 0 Å². The number of fused-ring (bicyclic) bond motifs is 1. The summed E-state index contributed by atoms with van der Waals surface area (Å²) >= 11 is 0. The summed E-state index contributed by atoms with van der Waals surface area (Å²) in [6.07, 6.45) is 2.29. The van der Waals surface area contributed by atoms with Crippen LogP contribution in [0.25, 0.3) is 10.9 Å². The van der Waals surface area contributed by atoms with Gasteiger partial charge in [-0.3, -0.25) is 14.7 Å². The predicted octanol–water partition coefficient (Wildman–Crippen LogP) is 4.58. The summed E-state index contributed by atoms with van der Waals surface area (Å²) in [5, 5.41) is 31.5. The number of nitrogens with zero attached hydrogens (tertiary/aromatic N) is 2. The third kappa shape index (κ3) is 6.73. The molecule has 7 nitrogen and oxygen atoms in total. The lowest BCUT2D eigenvalue weighted by Gasteiger charge is -2.41. The summed E-state index contributed by atoms with van der Waals surface area (Å²) in [6, 6.07) is 6.60. The smallest absolute Gasteiger partial charge is 0.303 e. The predicted molar refractivity (Wildman–Crippen MR) is 142 cm³/mol. The highest BCUT2D eigenvalue weighted by Gasteiger charge is 2.37. The van der Waals surface area contributed by atoms with E-state index in [0.29, 0.717) is 66.2 Å². The molecular weight excluding hydrogens is 525 g/mol. The fraction of sp³-hybridized carbons (Fsp3) is 0.400. The van der Waals surface area contributed by atoms with Crippen molar-refractivity contribution in [2.24, 2.45) is 5.41 Å². The standard InChI is InChI=1S/C30H31F3N2O5/c1-40-22-4-5-25-23(15-22)28(20(18-36)17-34-25)26(37)6-7-30(16-27(38)39)8-11-35(12-9-30)10-2-3-19-13-21(31)14-24(32)29(19)33/h4-5,13-15,17,26,36-37H,6-12,16,18H2,1H3,(H,38,39)/t26-/m1/s1. The first-order valence-corrected chi connectivity index (χ1v) is 13.0. The fourth-order valence-electron chi connectivity index (χ4n) is 5.38. The van der Waals surface area contributed by atoms with Crippen LogP contribution in [0.2, 0.25) is 0 Å². The second-order valence-corrected chi connectivity index (χ2v) is 10.2. The second kappa shape index (κ2) is 12.7. The summed E-state index contributed by atoms with van der Waals surface area (Å²) in [5.74, 6) is 1.48. The third-order valence-corrected chi connectivity index (χ3v) is 7.61. The number of aliphatic carboxylic acids is 1. The molecule has 0 saturated carbocycles. The van der Waals surface area contributed by atoms with Crippen LogP contribution in [0.15, 0.2) is 36.5 Å². The van der Waals surface area contributed by atoms with E-state index in [2.05, 4.69) is 16.8 Å². The number of halogens is 3. The lowest BCUT2D eigenvalue weighted by molar-refractivity contribution is -0.141. The molecule has 0 bridgehead atoms. The molecule has 10 heteroatoms. The fourth-order valence-corrected chi connectivity index (χ4v) is 5.38. The van der Waals surface area contributed by atoms with Crippen molar-refractivity contribution in [1.29, 1.82) is 0 Å². The van der Waals surface area contributed by atoms with E-state index in [1.165, 1.54) is 13.3 Å². The molecule has 1 saturated heterocycles. The molecule has 40 heavy (non-hydrogen) atoms. The first-order chi connectivity index (χ1) is 19.1. The molecule has 1 aliphatic heterocycles. The minimum absolute atomic E-state index is 0.0647. The van der Waals surface area contributed by atoms with Gasteiger partial charge in [-0.1, -0.05) is 11.8 Å². The molecule has 2 heterocycles. The SMILES string of the molecule is COc1ccc2ncc(CO)c([C@H](O)CCC3(CC(=O)O)CCN(CC#Cc4cc(F)cc(F)c4F)CC3)c2c1. The maximum atomic E-state index is 13.9. The number of pyridine rings is 1. The number of benzene rings is 2. The molecule has 1 aromatic heterocycles. The van der Waals surface area contributed by atoms with Crippen LogP contribution in [0.4, 0.5) is 13.2 Å². The van der Waals surface area contributed by atoms with Crippen LogP contribution in [0.1, 0.15) is 54.9 Å². The van der Waals surface area contributed by atoms with E-state index in [9.17, 15) is 33.3 Å². The number of piperidine rings is 1. The van der Waals surface area contributed by atoms with Gasteiger partial charge in [0.25, 0.3) is 0 Å². The Bertz CT molecular complexity index is 1440. The van der Waals surface area contributed by atoms with Gasteiger partial charge in [-0.15, -0.1) is 0 Å².